The highest BCUT2D eigenvalue weighted by atomic mass is 35.5. The summed E-state index contributed by atoms with van der Waals surface area (Å²) in [6.45, 7) is 1.76. The maximum Gasteiger partial charge on any atom is 0.416 e. The second kappa shape index (κ2) is 6.90. The third-order valence-electron chi connectivity index (χ3n) is 2.81. The van der Waals surface area contributed by atoms with Crippen LogP contribution in [0.5, 0.6) is 11.6 Å². The maximum atomic E-state index is 12.7. The van der Waals surface area contributed by atoms with Gasteiger partial charge in [-0.3, -0.25) is 4.68 Å². The Balaban J connectivity index is 2.41. The normalized spacial score (nSPS) is 11.5. The minimum atomic E-state index is -4.60. The molecule has 0 atom stereocenters. The van der Waals surface area contributed by atoms with Gasteiger partial charge in [0.25, 0.3) is 5.88 Å². The second-order valence-electron chi connectivity index (χ2n) is 4.61. The minimum Gasteiger partial charge on any atom is -0.462 e. The number of nitrogens with zero attached hydrogens (tertiary/aromatic N) is 2. The number of rotatable bonds is 4. The molecule has 0 spiro atoms. The number of aryl methyl sites for hydroxylation is 1. The lowest BCUT2D eigenvalue weighted by Gasteiger charge is -2.12. The van der Waals surface area contributed by atoms with Crippen molar-refractivity contribution in [3.8, 4) is 11.6 Å². The lowest BCUT2D eigenvalue weighted by molar-refractivity contribution is -0.137. The molecule has 0 aliphatic rings. The van der Waals surface area contributed by atoms with Gasteiger partial charge in [-0.2, -0.15) is 13.2 Å². The van der Waals surface area contributed by atoms with E-state index in [0.717, 1.165) is 0 Å². The number of aromatic nitrogens is 2. The first-order chi connectivity index (χ1) is 11.1. The zero-order valence-electron chi connectivity index (χ0n) is 12.4. The lowest BCUT2D eigenvalue weighted by Crippen LogP contribution is -2.06. The maximum absolute atomic E-state index is 12.7. The summed E-state index contributed by atoms with van der Waals surface area (Å²) in [5, 5.41) is 3.19. The zero-order valence-corrected chi connectivity index (χ0v) is 14.0. The lowest BCUT2D eigenvalue weighted by atomic mass is 10.2. The summed E-state index contributed by atoms with van der Waals surface area (Å²) in [6, 6.07) is 1.35. The molecule has 2 aromatic rings. The van der Waals surface area contributed by atoms with Crippen LogP contribution >= 0.6 is 23.2 Å². The molecule has 24 heavy (non-hydrogen) atoms. The third kappa shape index (κ3) is 3.93. The average Bonchev–Trinajstić information content (AvgIpc) is 2.83. The monoisotopic (exact) mass is 382 g/mol. The molecule has 10 heteroatoms. The minimum absolute atomic E-state index is 0.00798. The van der Waals surface area contributed by atoms with Crippen molar-refractivity contribution in [2.45, 2.75) is 13.1 Å². The quantitative estimate of drug-likeness (QED) is 0.718. The number of ether oxygens (including phenoxy) is 2. The molecule has 1 aromatic heterocycles. The van der Waals surface area contributed by atoms with E-state index in [4.69, 9.17) is 32.7 Å². The van der Waals surface area contributed by atoms with E-state index in [9.17, 15) is 18.0 Å². The number of hydrogen-bond donors (Lipinski definition) is 0. The van der Waals surface area contributed by atoms with Gasteiger partial charge in [0, 0.05) is 13.2 Å². The number of esters is 1. The Kier molecular flexibility index (Phi) is 5.29. The molecular weight excluding hydrogens is 372 g/mol. The Bertz CT molecular complexity index is 752. The van der Waals surface area contributed by atoms with Crippen LogP contribution in [-0.4, -0.2) is 22.4 Å². The topological polar surface area (TPSA) is 53.4 Å². The fourth-order valence-corrected chi connectivity index (χ4v) is 2.37. The van der Waals surface area contributed by atoms with Gasteiger partial charge in [0.1, 0.15) is 5.56 Å². The number of carbonyl (C=O) groups is 1. The Morgan fingerprint density at radius 2 is 1.88 bits per heavy atom. The number of alkyl halides is 3. The molecule has 0 saturated carbocycles. The number of halogens is 5. The highest BCUT2D eigenvalue weighted by Gasteiger charge is 2.32. The summed E-state index contributed by atoms with van der Waals surface area (Å²) in [5.41, 5.74) is -1.03. The Labute approximate surface area is 144 Å². The van der Waals surface area contributed by atoms with E-state index >= 15 is 0 Å². The standard InChI is InChI=1S/C14H11Cl2F3N2O3/c1-3-23-13(22)8-6-21(2)20-12(8)24-11-9(15)4-7(5-10(11)16)14(17,18)19/h4-6H,3H2,1-2H3. The van der Waals surface area contributed by atoms with Crippen LogP contribution in [0.15, 0.2) is 18.3 Å². The second-order valence-corrected chi connectivity index (χ2v) is 5.43. The van der Waals surface area contributed by atoms with Crippen molar-refractivity contribution in [2.75, 3.05) is 6.61 Å². The predicted molar refractivity (Wildman–Crippen MR) is 80.7 cm³/mol. The summed E-state index contributed by atoms with van der Waals surface area (Å²) in [4.78, 5) is 11.9. The Hall–Kier alpha value is -1.93. The van der Waals surface area contributed by atoms with Crippen molar-refractivity contribution in [2.24, 2.45) is 7.05 Å². The average molecular weight is 383 g/mol. The molecule has 0 unspecified atom stereocenters. The third-order valence-corrected chi connectivity index (χ3v) is 3.38. The van der Waals surface area contributed by atoms with Crippen molar-refractivity contribution >= 4 is 29.2 Å². The molecule has 5 nitrogen and oxygen atoms in total. The molecule has 2 rings (SSSR count). The first-order valence-electron chi connectivity index (χ1n) is 6.58. The molecule has 0 amide bonds. The fourth-order valence-electron chi connectivity index (χ4n) is 1.81. The van der Waals surface area contributed by atoms with E-state index in [0.29, 0.717) is 12.1 Å². The fraction of sp³-hybridized carbons (Fsp3) is 0.286. The predicted octanol–water partition coefficient (Wildman–Crippen LogP) is 4.71. The van der Waals surface area contributed by atoms with E-state index < -0.39 is 17.7 Å². The van der Waals surface area contributed by atoms with E-state index in [2.05, 4.69) is 5.10 Å². The SMILES string of the molecule is CCOC(=O)c1cn(C)nc1Oc1c(Cl)cc(C(F)(F)F)cc1Cl. The molecule has 0 aliphatic heterocycles. The van der Waals surface area contributed by atoms with Crippen LogP contribution in [0.4, 0.5) is 13.2 Å². The number of carbonyl (C=O) groups excluding carboxylic acids is 1. The molecule has 1 aromatic carbocycles. The van der Waals surface area contributed by atoms with Crippen LogP contribution in [0, 0.1) is 0 Å². The van der Waals surface area contributed by atoms with Gasteiger partial charge >= 0.3 is 12.1 Å². The van der Waals surface area contributed by atoms with Gasteiger partial charge < -0.3 is 9.47 Å². The van der Waals surface area contributed by atoms with E-state index in [-0.39, 0.29) is 33.8 Å². The largest absolute Gasteiger partial charge is 0.462 e. The Morgan fingerprint density at radius 3 is 2.38 bits per heavy atom. The summed E-state index contributed by atoms with van der Waals surface area (Å²) >= 11 is 11.7. The van der Waals surface area contributed by atoms with Gasteiger partial charge in [0.15, 0.2) is 5.75 Å². The molecule has 0 aliphatic carbocycles. The van der Waals surface area contributed by atoms with E-state index in [1.54, 1.807) is 6.92 Å². The smallest absolute Gasteiger partial charge is 0.416 e. The van der Waals surface area contributed by atoms with Crippen LogP contribution in [0.25, 0.3) is 0 Å². The first-order valence-corrected chi connectivity index (χ1v) is 7.34. The molecule has 0 saturated heterocycles. The molecule has 130 valence electrons. The van der Waals surface area contributed by atoms with Gasteiger partial charge in [-0.25, -0.2) is 4.79 Å². The van der Waals surface area contributed by atoms with Gasteiger partial charge in [-0.05, 0) is 19.1 Å². The van der Waals surface area contributed by atoms with Crippen molar-refractivity contribution in [3.05, 3.63) is 39.5 Å². The van der Waals surface area contributed by atoms with Crippen molar-refractivity contribution in [1.29, 1.82) is 0 Å². The van der Waals surface area contributed by atoms with Crippen LogP contribution in [0.3, 0.4) is 0 Å². The molecule has 0 N–H and O–H groups in total. The van der Waals surface area contributed by atoms with Crippen LogP contribution in [-0.2, 0) is 18.0 Å². The Morgan fingerprint density at radius 1 is 1.29 bits per heavy atom. The van der Waals surface area contributed by atoms with Gasteiger partial charge in [-0.15, -0.1) is 5.10 Å². The molecular formula is C14H11Cl2F3N2O3. The van der Waals surface area contributed by atoms with Crippen LogP contribution < -0.4 is 4.74 Å². The number of hydrogen-bond acceptors (Lipinski definition) is 4. The van der Waals surface area contributed by atoms with Crippen LogP contribution in [0.2, 0.25) is 10.0 Å². The molecule has 1 heterocycles. The first kappa shape index (κ1) is 18.4. The summed E-state index contributed by atoms with van der Waals surface area (Å²) in [6.07, 6.45) is -3.26. The summed E-state index contributed by atoms with van der Waals surface area (Å²) < 4.78 is 49.7. The van der Waals surface area contributed by atoms with E-state index in [1.807, 2.05) is 0 Å². The van der Waals surface area contributed by atoms with Crippen LogP contribution in [0.1, 0.15) is 22.8 Å². The van der Waals surface area contributed by atoms with Gasteiger partial charge in [0.2, 0.25) is 0 Å². The van der Waals surface area contributed by atoms with Gasteiger partial charge in [0.05, 0.1) is 22.2 Å². The van der Waals surface area contributed by atoms with Gasteiger partial charge in [-0.1, -0.05) is 23.2 Å². The summed E-state index contributed by atoms with van der Waals surface area (Å²) in [5.74, 6) is -1.12. The van der Waals surface area contributed by atoms with Crippen molar-refractivity contribution in [3.63, 3.8) is 0 Å². The highest BCUT2D eigenvalue weighted by molar-refractivity contribution is 6.37. The number of benzene rings is 1. The molecule has 0 radical (unpaired) electrons. The zero-order chi connectivity index (χ0) is 18.1. The molecule has 0 bridgehead atoms. The summed E-state index contributed by atoms with van der Waals surface area (Å²) in [7, 11) is 1.53. The van der Waals surface area contributed by atoms with Crippen molar-refractivity contribution < 1.29 is 27.4 Å². The van der Waals surface area contributed by atoms with E-state index in [1.165, 1.54) is 17.9 Å². The van der Waals surface area contributed by atoms with Crippen molar-refractivity contribution in [1.82, 2.24) is 9.78 Å². The highest BCUT2D eigenvalue weighted by Crippen LogP contribution is 2.41. The molecule has 0 fully saturated rings.